The van der Waals surface area contributed by atoms with E-state index in [0.717, 1.165) is 17.0 Å². The second-order valence-corrected chi connectivity index (χ2v) is 8.66. The highest BCUT2D eigenvalue weighted by Crippen LogP contribution is 2.52. The van der Waals surface area contributed by atoms with Crippen molar-refractivity contribution in [1.29, 1.82) is 0 Å². The lowest BCUT2D eigenvalue weighted by Crippen LogP contribution is -2.28. The fourth-order valence-corrected chi connectivity index (χ4v) is 5.08. The number of fused-ring (bicyclic) bond motifs is 5. The number of hydrogen-bond donors (Lipinski definition) is 0. The number of allylic oxidation sites excluding steroid dienone is 2. The van der Waals surface area contributed by atoms with E-state index >= 15 is 0 Å². The fraction of sp³-hybridized carbons (Fsp3) is 0.320. The van der Waals surface area contributed by atoms with Crippen LogP contribution in [-0.4, -0.2) is 29.6 Å². The summed E-state index contributed by atoms with van der Waals surface area (Å²) in [5.74, 6) is 0.566. The number of benzene rings is 2. The Morgan fingerprint density at radius 1 is 1.03 bits per heavy atom. The standard InChI is InChI=1S/C25H23ClN2O4/c1-2-31-21-11-15(7-10-20(21)32-14-18-5-3-4-6-19(18)26)13-27-28-24(29)22-16-8-9-17(12-16)23(22)25(28)30/h3-11,13,16-17,22-23H,2,12,14H2,1H3. The highest BCUT2D eigenvalue weighted by Gasteiger charge is 2.59. The molecule has 2 bridgehead atoms. The highest BCUT2D eigenvalue weighted by molar-refractivity contribution is 6.31. The number of hydrogen-bond acceptors (Lipinski definition) is 5. The Morgan fingerprint density at radius 2 is 1.75 bits per heavy atom. The van der Waals surface area contributed by atoms with E-state index in [2.05, 4.69) is 17.3 Å². The summed E-state index contributed by atoms with van der Waals surface area (Å²) in [6.07, 6.45) is 6.56. The molecule has 7 heteroatoms. The van der Waals surface area contributed by atoms with Crippen LogP contribution < -0.4 is 9.47 Å². The van der Waals surface area contributed by atoms with Gasteiger partial charge in [0.25, 0.3) is 11.8 Å². The zero-order chi connectivity index (χ0) is 22.2. The molecule has 2 aromatic carbocycles. The first-order valence-electron chi connectivity index (χ1n) is 10.8. The van der Waals surface area contributed by atoms with Gasteiger partial charge in [0.2, 0.25) is 0 Å². The SMILES string of the molecule is CCOc1cc(C=NN2C(=O)C3C4C=CC(C4)C3C2=O)ccc1OCc1ccccc1Cl. The van der Waals surface area contributed by atoms with Gasteiger partial charge in [-0.3, -0.25) is 9.59 Å². The summed E-state index contributed by atoms with van der Waals surface area (Å²) in [5.41, 5.74) is 1.58. The monoisotopic (exact) mass is 450 g/mol. The van der Waals surface area contributed by atoms with Crippen molar-refractivity contribution >= 4 is 29.6 Å². The summed E-state index contributed by atoms with van der Waals surface area (Å²) in [6.45, 7) is 2.66. The second kappa shape index (κ2) is 8.43. The number of halogens is 1. The molecule has 5 rings (SSSR count). The normalized spacial score (nSPS) is 25.8. The van der Waals surface area contributed by atoms with Crippen molar-refractivity contribution in [2.45, 2.75) is 20.0 Å². The number of ether oxygens (including phenoxy) is 2. The average molecular weight is 451 g/mol. The number of carbonyl (C=O) groups excluding carboxylic acids is 2. The first-order chi connectivity index (χ1) is 15.6. The molecule has 0 radical (unpaired) electrons. The van der Waals surface area contributed by atoms with Gasteiger partial charge in [-0.25, -0.2) is 0 Å². The van der Waals surface area contributed by atoms with Crippen LogP contribution in [0, 0.1) is 23.7 Å². The number of imide groups is 1. The predicted octanol–water partition coefficient (Wildman–Crippen LogP) is 4.46. The molecule has 4 atom stereocenters. The van der Waals surface area contributed by atoms with Crippen molar-refractivity contribution in [2.75, 3.05) is 6.61 Å². The minimum atomic E-state index is -0.255. The van der Waals surface area contributed by atoms with E-state index in [-0.39, 0.29) is 35.5 Å². The van der Waals surface area contributed by atoms with Gasteiger partial charge in [-0.05, 0) is 55.0 Å². The summed E-state index contributed by atoms with van der Waals surface area (Å²) in [7, 11) is 0. The largest absolute Gasteiger partial charge is 0.490 e. The first-order valence-corrected chi connectivity index (χ1v) is 11.2. The number of hydrazone groups is 1. The summed E-state index contributed by atoms with van der Waals surface area (Å²) >= 11 is 6.21. The van der Waals surface area contributed by atoms with Gasteiger partial charge in [-0.2, -0.15) is 10.1 Å². The molecule has 0 spiro atoms. The molecule has 2 aliphatic carbocycles. The maximum atomic E-state index is 12.8. The van der Waals surface area contributed by atoms with Crippen molar-refractivity contribution < 1.29 is 19.1 Å². The molecule has 2 amide bonds. The van der Waals surface area contributed by atoms with Gasteiger partial charge in [0.1, 0.15) is 6.61 Å². The minimum Gasteiger partial charge on any atom is -0.490 e. The predicted molar refractivity (Wildman–Crippen MR) is 121 cm³/mol. The van der Waals surface area contributed by atoms with Gasteiger partial charge in [0.05, 0.1) is 24.7 Å². The molecule has 2 fully saturated rings. The summed E-state index contributed by atoms with van der Waals surface area (Å²) in [6, 6.07) is 12.9. The third kappa shape index (κ3) is 3.58. The van der Waals surface area contributed by atoms with E-state index in [1.165, 1.54) is 6.21 Å². The molecule has 1 saturated heterocycles. The molecule has 6 nitrogen and oxygen atoms in total. The van der Waals surface area contributed by atoms with Crippen LogP contribution in [0.3, 0.4) is 0 Å². The lowest BCUT2D eigenvalue weighted by Gasteiger charge is -2.14. The van der Waals surface area contributed by atoms with Gasteiger partial charge in [-0.1, -0.05) is 42.0 Å². The molecule has 2 aromatic rings. The molecule has 0 N–H and O–H groups in total. The average Bonchev–Trinajstić information content (AvgIpc) is 3.47. The first kappa shape index (κ1) is 20.8. The molecular weight excluding hydrogens is 428 g/mol. The number of amides is 2. The van der Waals surface area contributed by atoms with Crippen LogP contribution in [0.1, 0.15) is 24.5 Å². The zero-order valence-electron chi connectivity index (χ0n) is 17.6. The van der Waals surface area contributed by atoms with E-state index in [0.29, 0.717) is 35.3 Å². The lowest BCUT2D eigenvalue weighted by molar-refractivity contribution is -0.140. The Hall–Kier alpha value is -3.12. The lowest BCUT2D eigenvalue weighted by atomic mass is 9.85. The van der Waals surface area contributed by atoms with E-state index in [9.17, 15) is 9.59 Å². The highest BCUT2D eigenvalue weighted by atomic mass is 35.5. The Balaban J connectivity index is 1.32. The van der Waals surface area contributed by atoms with Crippen LogP contribution in [0.4, 0.5) is 0 Å². The third-order valence-corrected chi connectivity index (χ3v) is 6.75. The van der Waals surface area contributed by atoms with Crippen LogP contribution >= 0.6 is 11.6 Å². The van der Waals surface area contributed by atoms with Crippen molar-refractivity contribution in [3.05, 3.63) is 70.8 Å². The molecule has 32 heavy (non-hydrogen) atoms. The zero-order valence-corrected chi connectivity index (χ0v) is 18.4. The Morgan fingerprint density at radius 3 is 2.44 bits per heavy atom. The minimum absolute atomic E-state index is 0.167. The van der Waals surface area contributed by atoms with E-state index in [1.807, 2.05) is 37.3 Å². The van der Waals surface area contributed by atoms with Crippen molar-refractivity contribution in [3.63, 3.8) is 0 Å². The van der Waals surface area contributed by atoms with Gasteiger partial charge in [-0.15, -0.1) is 0 Å². The summed E-state index contributed by atoms with van der Waals surface area (Å²) < 4.78 is 11.7. The smallest absolute Gasteiger partial charge is 0.254 e. The molecule has 1 heterocycles. The fourth-order valence-electron chi connectivity index (χ4n) is 4.89. The van der Waals surface area contributed by atoms with Crippen LogP contribution in [0.2, 0.25) is 5.02 Å². The van der Waals surface area contributed by atoms with Crippen LogP contribution in [0.15, 0.2) is 59.7 Å². The van der Waals surface area contributed by atoms with Gasteiger partial charge in [0, 0.05) is 10.6 Å². The Labute approximate surface area is 191 Å². The molecular formula is C25H23ClN2O4. The van der Waals surface area contributed by atoms with Gasteiger partial charge >= 0.3 is 0 Å². The molecule has 1 saturated carbocycles. The van der Waals surface area contributed by atoms with E-state index in [4.69, 9.17) is 21.1 Å². The quantitative estimate of drug-likeness (QED) is 0.355. The summed E-state index contributed by atoms with van der Waals surface area (Å²) in [5, 5.41) is 5.92. The van der Waals surface area contributed by atoms with E-state index < -0.39 is 0 Å². The Kier molecular flexibility index (Phi) is 5.47. The molecule has 164 valence electrons. The Bertz CT molecular complexity index is 1100. The van der Waals surface area contributed by atoms with Gasteiger partial charge < -0.3 is 9.47 Å². The number of carbonyl (C=O) groups is 2. The molecule has 1 aliphatic heterocycles. The number of nitrogens with zero attached hydrogens (tertiary/aromatic N) is 2. The summed E-state index contributed by atoms with van der Waals surface area (Å²) in [4.78, 5) is 25.6. The topological polar surface area (TPSA) is 68.2 Å². The third-order valence-electron chi connectivity index (χ3n) is 6.38. The van der Waals surface area contributed by atoms with Crippen molar-refractivity contribution in [2.24, 2.45) is 28.8 Å². The number of rotatable bonds is 7. The molecule has 0 aromatic heterocycles. The van der Waals surface area contributed by atoms with Crippen LogP contribution in [0.5, 0.6) is 11.5 Å². The van der Waals surface area contributed by atoms with Crippen molar-refractivity contribution in [3.8, 4) is 11.5 Å². The van der Waals surface area contributed by atoms with Crippen LogP contribution in [0.25, 0.3) is 0 Å². The van der Waals surface area contributed by atoms with Gasteiger partial charge in [0.15, 0.2) is 11.5 Å². The molecule has 3 aliphatic rings. The molecule has 4 unspecified atom stereocenters. The maximum absolute atomic E-state index is 12.8. The van der Waals surface area contributed by atoms with E-state index in [1.54, 1.807) is 12.1 Å². The van der Waals surface area contributed by atoms with Crippen molar-refractivity contribution in [1.82, 2.24) is 5.01 Å². The second-order valence-electron chi connectivity index (χ2n) is 8.25. The van der Waals surface area contributed by atoms with Crippen LogP contribution in [-0.2, 0) is 16.2 Å². The maximum Gasteiger partial charge on any atom is 0.254 e.